The Bertz CT molecular complexity index is 307. The predicted octanol–water partition coefficient (Wildman–Crippen LogP) is 2.16. The zero-order valence-corrected chi connectivity index (χ0v) is 9.55. The third-order valence-electron chi connectivity index (χ3n) is 1.81. The minimum absolute atomic E-state index is 0.403. The number of halogens is 1. The van der Waals surface area contributed by atoms with Gasteiger partial charge in [0.2, 0.25) is 0 Å². The van der Waals surface area contributed by atoms with Gasteiger partial charge in [0.1, 0.15) is 5.15 Å². The first-order chi connectivity index (χ1) is 7.24. The van der Waals surface area contributed by atoms with E-state index in [-0.39, 0.29) is 0 Å². The molecule has 0 saturated carbocycles. The summed E-state index contributed by atoms with van der Waals surface area (Å²) < 4.78 is 5.32. The van der Waals surface area contributed by atoms with E-state index in [2.05, 4.69) is 17.2 Å². The van der Waals surface area contributed by atoms with Gasteiger partial charge in [0.15, 0.2) is 0 Å². The zero-order valence-electron chi connectivity index (χ0n) is 8.79. The monoisotopic (exact) mass is 229 g/mol. The van der Waals surface area contributed by atoms with E-state index >= 15 is 0 Å². The third kappa shape index (κ3) is 4.36. The minimum atomic E-state index is 0.403. The van der Waals surface area contributed by atoms with Crippen molar-refractivity contribution in [1.82, 2.24) is 4.98 Å². The normalized spacial score (nSPS) is 10.3. The average molecular weight is 230 g/mol. The van der Waals surface area contributed by atoms with Gasteiger partial charge in [0.05, 0.1) is 24.2 Å². The topological polar surface area (TPSA) is 60.2 Å². The second kappa shape index (κ2) is 6.48. The molecule has 0 aliphatic heterocycles. The molecule has 0 unspecified atom stereocenters. The van der Waals surface area contributed by atoms with Crippen LogP contribution in [0.5, 0.6) is 0 Å². The van der Waals surface area contributed by atoms with Gasteiger partial charge in [0.25, 0.3) is 0 Å². The Labute approximate surface area is 94.8 Å². The molecular formula is C10H16ClN3O. The molecule has 0 aliphatic rings. The number of hydrogen-bond acceptors (Lipinski definition) is 4. The molecule has 0 saturated heterocycles. The lowest BCUT2D eigenvalue weighted by atomic mass is 10.3. The van der Waals surface area contributed by atoms with Gasteiger partial charge in [-0.15, -0.1) is 0 Å². The molecule has 1 aromatic heterocycles. The number of nitrogens with zero attached hydrogens (tertiary/aromatic N) is 1. The second-order valence-electron chi connectivity index (χ2n) is 3.13. The Morgan fingerprint density at radius 1 is 1.53 bits per heavy atom. The Balaban J connectivity index is 2.31. The van der Waals surface area contributed by atoms with Crippen LogP contribution in [0.25, 0.3) is 0 Å². The number of hydrogen-bond donors (Lipinski definition) is 2. The van der Waals surface area contributed by atoms with Crippen molar-refractivity contribution < 1.29 is 4.74 Å². The Morgan fingerprint density at radius 3 is 3.00 bits per heavy atom. The van der Waals surface area contributed by atoms with Gasteiger partial charge in [-0.3, -0.25) is 0 Å². The van der Waals surface area contributed by atoms with Crippen LogP contribution >= 0.6 is 11.6 Å². The summed E-state index contributed by atoms with van der Waals surface area (Å²) in [6.45, 7) is 4.24. The molecule has 0 fully saturated rings. The fourth-order valence-corrected chi connectivity index (χ4v) is 1.26. The first-order valence-electron chi connectivity index (χ1n) is 4.96. The molecular weight excluding hydrogens is 214 g/mol. The number of anilines is 2. The smallest absolute Gasteiger partial charge is 0.131 e. The second-order valence-corrected chi connectivity index (χ2v) is 3.52. The van der Waals surface area contributed by atoms with E-state index in [4.69, 9.17) is 22.1 Å². The molecule has 0 spiro atoms. The molecule has 1 aromatic rings. The molecule has 0 radical (unpaired) electrons. The van der Waals surface area contributed by atoms with Gasteiger partial charge in [-0.1, -0.05) is 18.5 Å². The van der Waals surface area contributed by atoms with E-state index in [9.17, 15) is 0 Å². The van der Waals surface area contributed by atoms with Crippen LogP contribution in [0.15, 0.2) is 12.3 Å². The molecule has 4 nitrogen and oxygen atoms in total. The average Bonchev–Trinajstić information content (AvgIpc) is 2.20. The van der Waals surface area contributed by atoms with Crippen molar-refractivity contribution >= 4 is 23.0 Å². The van der Waals surface area contributed by atoms with Crippen LogP contribution in [0.2, 0.25) is 5.15 Å². The summed E-state index contributed by atoms with van der Waals surface area (Å²) in [6, 6.07) is 1.62. The van der Waals surface area contributed by atoms with Crippen LogP contribution in [0.3, 0.4) is 0 Å². The van der Waals surface area contributed by atoms with Crippen molar-refractivity contribution in [3.05, 3.63) is 17.4 Å². The van der Waals surface area contributed by atoms with Crippen LogP contribution in [-0.4, -0.2) is 24.7 Å². The van der Waals surface area contributed by atoms with Crippen molar-refractivity contribution in [2.75, 3.05) is 30.8 Å². The number of nitrogens with one attached hydrogen (secondary N) is 1. The number of aromatic nitrogens is 1. The maximum Gasteiger partial charge on any atom is 0.131 e. The molecule has 1 heterocycles. The van der Waals surface area contributed by atoms with Crippen LogP contribution in [0, 0.1) is 0 Å². The number of nitrogens with two attached hydrogens (primary N) is 1. The lowest BCUT2D eigenvalue weighted by Crippen LogP contribution is -2.11. The summed E-state index contributed by atoms with van der Waals surface area (Å²) in [7, 11) is 0. The lowest BCUT2D eigenvalue weighted by Gasteiger charge is -2.08. The van der Waals surface area contributed by atoms with Crippen molar-refractivity contribution in [2.45, 2.75) is 13.3 Å². The van der Waals surface area contributed by atoms with Gasteiger partial charge in [-0.05, 0) is 6.42 Å². The van der Waals surface area contributed by atoms with E-state index < -0.39 is 0 Å². The Morgan fingerprint density at radius 2 is 2.33 bits per heavy atom. The van der Waals surface area contributed by atoms with Crippen LogP contribution in [-0.2, 0) is 4.74 Å². The van der Waals surface area contributed by atoms with Crippen LogP contribution in [0.4, 0.5) is 11.4 Å². The number of pyridine rings is 1. The van der Waals surface area contributed by atoms with Gasteiger partial charge >= 0.3 is 0 Å². The molecule has 0 amide bonds. The highest BCUT2D eigenvalue weighted by atomic mass is 35.5. The predicted molar refractivity (Wildman–Crippen MR) is 63.3 cm³/mol. The summed E-state index contributed by atoms with van der Waals surface area (Å²) in [5.74, 6) is 0. The number of ether oxygens (including phenoxy) is 1. The Kier molecular flexibility index (Phi) is 5.21. The molecule has 0 aliphatic carbocycles. The van der Waals surface area contributed by atoms with E-state index in [1.807, 2.05) is 0 Å². The molecule has 5 heteroatoms. The quantitative estimate of drug-likeness (QED) is 0.580. The summed E-state index contributed by atoms with van der Waals surface area (Å²) >= 11 is 5.68. The fraction of sp³-hybridized carbons (Fsp3) is 0.500. The van der Waals surface area contributed by atoms with E-state index in [1.54, 1.807) is 12.3 Å². The lowest BCUT2D eigenvalue weighted by molar-refractivity contribution is 0.144. The first-order valence-corrected chi connectivity index (χ1v) is 5.34. The molecule has 15 heavy (non-hydrogen) atoms. The number of nitrogen functional groups attached to an aromatic ring is 1. The van der Waals surface area contributed by atoms with Gasteiger partial charge in [0, 0.05) is 19.2 Å². The van der Waals surface area contributed by atoms with Crippen molar-refractivity contribution in [3.63, 3.8) is 0 Å². The van der Waals surface area contributed by atoms with E-state index in [1.165, 1.54) is 0 Å². The van der Waals surface area contributed by atoms with Gasteiger partial charge in [-0.2, -0.15) is 0 Å². The van der Waals surface area contributed by atoms with Crippen molar-refractivity contribution in [1.29, 1.82) is 0 Å². The molecule has 0 atom stereocenters. The molecule has 84 valence electrons. The highest BCUT2D eigenvalue weighted by Gasteiger charge is 1.99. The maximum atomic E-state index is 5.73. The summed E-state index contributed by atoms with van der Waals surface area (Å²) in [5, 5.41) is 3.53. The van der Waals surface area contributed by atoms with Crippen LogP contribution in [0.1, 0.15) is 13.3 Å². The molecule has 1 rings (SSSR count). The standard InChI is InChI=1S/C10H16ClN3O/c1-2-4-15-5-3-13-9-7-14-10(11)6-8(9)12/h6-7,13H,2-5H2,1H3,(H2,12,14). The summed E-state index contributed by atoms with van der Waals surface area (Å²) in [5.41, 5.74) is 7.13. The van der Waals surface area contributed by atoms with Crippen LogP contribution < -0.4 is 11.1 Å². The van der Waals surface area contributed by atoms with E-state index in [0.29, 0.717) is 24.0 Å². The largest absolute Gasteiger partial charge is 0.397 e. The van der Waals surface area contributed by atoms with Gasteiger partial charge < -0.3 is 15.8 Å². The summed E-state index contributed by atoms with van der Waals surface area (Å²) in [6.07, 6.45) is 2.65. The van der Waals surface area contributed by atoms with E-state index in [0.717, 1.165) is 18.7 Å². The third-order valence-corrected chi connectivity index (χ3v) is 2.02. The highest BCUT2D eigenvalue weighted by molar-refractivity contribution is 6.29. The van der Waals surface area contributed by atoms with Crippen molar-refractivity contribution in [3.8, 4) is 0 Å². The first kappa shape index (κ1) is 12.1. The SMILES string of the molecule is CCCOCCNc1cnc(Cl)cc1N. The summed E-state index contributed by atoms with van der Waals surface area (Å²) in [4.78, 5) is 3.94. The molecule has 3 N–H and O–H groups in total. The number of rotatable bonds is 6. The minimum Gasteiger partial charge on any atom is -0.397 e. The molecule has 0 aromatic carbocycles. The Hall–Kier alpha value is -1.00. The van der Waals surface area contributed by atoms with Gasteiger partial charge in [-0.25, -0.2) is 4.98 Å². The zero-order chi connectivity index (χ0) is 11.1. The maximum absolute atomic E-state index is 5.73. The highest BCUT2D eigenvalue weighted by Crippen LogP contribution is 2.19. The fourth-order valence-electron chi connectivity index (χ4n) is 1.10. The molecule has 0 bridgehead atoms. The van der Waals surface area contributed by atoms with Crippen molar-refractivity contribution in [2.24, 2.45) is 0 Å².